The van der Waals surface area contributed by atoms with Crippen molar-refractivity contribution in [3.05, 3.63) is 30.1 Å². The topological polar surface area (TPSA) is 50.9 Å². The molecule has 4 nitrogen and oxygen atoms in total. The van der Waals surface area contributed by atoms with Crippen molar-refractivity contribution >= 4 is 11.6 Å². The van der Waals surface area contributed by atoms with E-state index in [4.69, 9.17) is 10.5 Å². The van der Waals surface area contributed by atoms with E-state index in [1.807, 2.05) is 11.0 Å². The SMILES string of the molecule is NC1=NCC2(CCCOCC2)N1c1cccc(F)c1. The predicted molar refractivity (Wildman–Crippen MR) is 72.8 cm³/mol. The minimum atomic E-state index is -0.253. The van der Waals surface area contributed by atoms with Gasteiger partial charge in [0.05, 0.1) is 12.1 Å². The number of rotatable bonds is 1. The fourth-order valence-corrected chi connectivity index (χ4v) is 3.01. The lowest BCUT2D eigenvalue weighted by Crippen LogP contribution is -2.52. The zero-order chi connectivity index (χ0) is 13.3. The summed E-state index contributed by atoms with van der Waals surface area (Å²) in [4.78, 5) is 6.38. The molecular formula is C14H18FN3O. The lowest BCUT2D eigenvalue weighted by molar-refractivity contribution is 0.140. The molecule has 19 heavy (non-hydrogen) atoms. The Hall–Kier alpha value is -1.62. The Kier molecular flexibility index (Phi) is 3.14. The zero-order valence-corrected chi connectivity index (χ0v) is 10.8. The van der Waals surface area contributed by atoms with E-state index >= 15 is 0 Å². The molecule has 2 N–H and O–H groups in total. The average molecular weight is 263 g/mol. The second-order valence-corrected chi connectivity index (χ2v) is 5.18. The van der Waals surface area contributed by atoms with Crippen LogP contribution in [0.15, 0.2) is 29.3 Å². The number of nitrogens with two attached hydrogens (primary N) is 1. The van der Waals surface area contributed by atoms with Gasteiger partial charge in [0.1, 0.15) is 5.82 Å². The van der Waals surface area contributed by atoms with Crippen LogP contribution in [0.4, 0.5) is 10.1 Å². The van der Waals surface area contributed by atoms with Crippen molar-refractivity contribution in [3.8, 4) is 0 Å². The summed E-state index contributed by atoms with van der Waals surface area (Å²) in [6, 6.07) is 6.54. The summed E-state index contributed by atoms with van der Waals surface area (Å²) in [5, 5.41) is 0. The molecule has 3 rings (SSSR count). The molecule has 0 aliphatic carbocycles. The van der Waals surface area contributed by atoms with Crippen LogP contribution in [0.3, 0.4) is 0 Å². The van der Waals surface area contributed by atoms with Gasteiger partial charge in [0, 0.05) is 18.9 Å². The van der Waals surface area contributed by atoms with Crippen molar-refractivity contribution in [2.45, 2.75) is 24.8 Å². The van der Waals surface area contributed by atoms with Crippen molar-refractivity contribution in [2.75, 3.05) is 24.7 Å². The molecule has 5 heteroatoms. The van der Waals surface area contributed by atoms with E-state index in [-0.39, 0.29) is 11.4 Å². The molecule has 0 bridgehead atoms. The molecule has 0 saturated carbocycles. The normalized spacial score (nSPS) is 27.4. The number of nitrogens with zero attached hydrogens (tertiary/aromatic N) is 2. The Bertz CT molecular complexity index is 495. The first-order valence-corrected chi connectivity index (χ1v) is 6.65. The van der Waals surface area contributed by atoms with Crippen molar-refractivity contribution in [1.82, 2.24) is 0 Å². The first-order chi connectivity index (χ1) is 9.21. The van der Waals surface area contributed by atoms with Crippen LogP contribution in [-0.4, -0.2) is 31.3 Å². The number of guanidine groups is 1. The highest BCUT2D eigenvalue weighted by molar-refractivity contribution is 5.98. The third kappa shape index (κ3) is 2.18. The summed E-state index contributed by atoms with van der Waals surface area (Å²) in [6.07, 6.45) is 2.82. The molecule has 0 radical (unpaired) electrons. The van der Waals surface area contributed by atoms with E-state index in [0.717, 1.165) is 31.6 Å². The van der Waals surface area contributed by atoms with Gasteiger partial charge in [-0.05, 0) is 37.5 Å². The summed E-state index contributed by atoms with van der Waals surface area (Å²) < 4.78 is 19.0. The van der Waals surface area contributed by atoms with Gasteiger partial charge in [-0.3, -0.25) is 4.99 Å². The molecule has 2 heterocycles. The molecule has 1 atom stereocenters. The molecule has 1 fully saturated rings. The van der Waals surface area contributed by atoms with Crippen molar-refractivity contribution < 1.29 is 9.13 Å². The predicted octanol–water partition coefficient (Wildman–Crippen LogP) is 1.90. The molecule has 1 unspecified atom stereocenters. The van der Waals surface area contributed by atoms with Crippen LogP contribution >= 0.6 is 0 Å². The summed E-state index contributed by atoms with van der Waals surface area (Å²) in [6.45, 7) is 2.14. The molecule has 0 aromatic heterocycles. The molecule has 2 aliphatic rings. The van der Waals surface area contributed by atoms with E-state index in [1.165, 1.54) is 12.1 Å². The monoisotopic (exact) mass is 263 g/mol. The Morgan fingerprint density at radius 2 is 2.21 bits per heavy atom. The fraction of sp³-hybridized carbons (Fsp3) is 0.500. The zero-order valence-electron chi connectivity index (χ0n) is 10.8. The minimum absolute atomic E-state index is 0.144. The maximum atomic E-state index is 13.5. The Balaban J connectivity index is 1.97. The highest BCUT2D eigenvalue weighted by Gasteiger charge is 2.43. The van der Waals surface area contributed by atoms with Crippen molar-refractivity contribution in [2.24, 2.45) is 10.7 Å². The number of anilines is 1. The molecule has 2 aliphatic heterocycles. The van der Waals surface area contributed by atoms with Crippen LogP contribution in [0.1, 0.15) is 19.3 Å². The summed E-state index contributed by atoms with van der Waals surface area (Å²) in [7, 11) is 0. The van der Waals surface area contributed by atoms with Gasteiger partial charge in [-0.2, -0.15) is 0 Å². The minimum Gasteiger partial charge on any atom is -0.381 e. The lowest BCUT2D eigenvalue weighted by Gasteiger charge is -2.38. The number of aliphatic imine (C=N–C) groups is 1. The van der Waals surface area contributed by atoms with Gasteiger partial charge in [0.15, 0.2) is 5.96 Å². The van der Waals surface area contributed by atoms with Crippen LogP contribution < -0.4 is 10.6 Å². The van der Waals surface area contributed by atoms with Gasteiger partial charge in [0.2, 0.25) is 0 Å². The van der Waals surface area contributed by atoms with Gasteiger partial charge in [-0.1, -0.05) is 6.07 Å². The Morgan fingerprint density at radius 1 is 1.32 bits per heavy atom. The number of halogens is 1. The maximum Gasteiger partial charge on any atom is 0.196 e. The van der Waals surface area contributed by atoms with Gasteiger partial charge < -0.3 is 15.4 Å². The smallest absolute Gasteiger partial charge is 0.196 e. The van der Waals surface area contributed by atoms with Crippen LogP contribution in [0, 0.1) is 5.82 Å². The molecule has 1 aromatic carbocycles. The molecule has 0 amide bonds. The average Bonchev–Trinajstić information content (AvgIpc) is 2.58. The third-order valence-electron chi connectivity index (χ3n) is 3.95. The van der Waals surface area contributed by atoms with Gasteiger partial charge in [-0.15, -0.1) is 0 Å². The molecule has 102 valence electrons. The van der Waals surface area contributed by atoms with E-state index in [9.17, 15) is 4.39 Å². The van der Waals surface area contributed by atoms with Crippen LogP contribution in [0.2, 0.25) is 0 Å². The van der Waals surface area contributed by atoms with Crippen LogP contribution in [0.5, 0.6) is 0 Å². The van der Waals surface area contributed by atoms with E-state index in [0.29, 0.717) is 19.1 Å². The molecule has 1 spiro atoms. The molecule has 1 saturated heterocycles. The fourth-order valence-electron chi connectivity index (χ4n) is 3.01. The summed E-state index contributed by atoms with van der Waals surface area (Å²) in [5.41, 5.74) is 6.66. The Morgan fingerprint density at radius 3 is 3.05 bits per heavy atom. The number of ether oxygens (including phenoxy) is 1. The maximum absolute atomic E-state index is 13.5. The first kappa shape index (κ1) is 12.4. The second-order valence-electron chi connectivity index (χ2n) is 5.18. The lowest BCUT2D eigenvalue weighted by atomic mass is 9.89. The summed E-state index contributed by atoms with van der Waals surface area (Å²) in [5.74, 6) is 0.227. The van der Waals surface area contributed by atoms with Crippen molar-refractivity contribution in [3.63, 3.8) is 0 Å². The van der Waals surface area contributed by atoms with E-state index in [1.54, 1.807) is 6.07 Å². The van der Waals surface area contributed by atoms with Gasteiger partial charge in [-0.25, -0.2) is 4.39 Å². The van der Waals surface area contributed by atoms with E-state index in [2.05, 4.69) is 4.99 Å². The molecule has 1 aromatic rings. The Labute approximate surface area is 112 Å². The van der Waals surface area contributed by atoms with Gasteiger partial charge >= 0.3 is 0 Å². The first-order valence-electron chi connectivity index (χ1n) is 6.65. The number of hydrogen-bond acceptors (Lipinski definition) is 4. The number of benzene rings is 1. The molecular weight excluding hydrogens is 245 g/mol. The summed E-state index contributed by atoms with van der Waals surface area (Å²) >= 11 is 0. The largest absolute Gasteiger partial charge is 0.381 e. The second kappa shape index (κ2) is 4.81. The quantitative estimate of drug-likeness (QED) is 0.842. The highest BCUT2D eigenvalue weighted by Crippen LogP contribution is 2.36. The number of hydrogen-bond donors (Lipinski definition) is 1. The highest BCUT2D eigenvalue weighted by atomic mass is 19.1. The van der Waals surface area contributed by atoms with Gasteiger partial charge in [0.25, 0.3) is 0 Å². The van der Waals surface area contributed by atoms with E-state index < -0.39 is 0 Å². The van der Waals surface area contributed by atoms with Crippen LogP contribution in [0.25, 0.3) is 0 Å². The van der Waals surface area contributed by atoms with Crippen molar-refractivity contribution in [1.29, 1.82) is 0 Å². The standard InChI is InChI=1S/C14H18FN3O/c15-11-3-1-4-12(9-11)18-13(16)17-10-14(18)5-2-7-19-8-6-14/h1,3-4,9H,2,5-8,10H2,(H2,16,17). The third-order valence-corrected chi connectivity index (χ3v) is 3.95. The van der Waals surface area contributed by atoms with Crippen LogP contribution in [-0.2, 0) is 4.74 Å².